The van der Waals surface area contributed by atoms with Gasteiger partial charge in [0.1, 0.15) is 6.54 Å². The van der Waals surface area contributed by atoms with Crippen LogP contribution in [0.15, 0.2) is 16.8 Å². The molecule has 2 heterocycles. The molecule has 0 spiro atoms. The molecule has 0 amide bonds. The van der Waals surface area contributed by atoms with Crippen LogP contribution in [0, 0.1) is 6.92 Å². The molecule has 0 radical (unpaired) electrons. The Morgan fingerprint density at radius 2 is 2.41 bits per heavy atom. The van der Waals surface area contributed by atoms with E-state index in [0.717, 1.165) is 5.69 Å². The molecule has 0 saturated heterocycles. The Morgan fingerprint density at radius 3 is 3.06 bits per heavy atom. The second-order valence-electron chi connectivity index (χ2n) is 3.74. The number of aryl methyl sites for hydroxylation is 2. The second kappa shape index (κ2) is 4.77. The highest BCUT2D eigenvalue weighted by Gasteiger charge is 2.06. The molecule has 2 aromatic heterocycles. The van der Waals surface area contributed by atoms with Crippen LogP contribution in [0.4, 0.5) is 0 Å². The van der Waals surface area contributed by atoms with Crippen LogP contribution in [-0.2, 0) is 17.8 Å². The minimum Gasteiger partial charge on any atom is -0.481 e. The first-order chi connectivity index (χ1) is 8.13. The Morgan fingerprint density at radius 1 is 1.59 bits per heavy atom. The van der Waals surface area contributed by atoms with Gasteiger partial charge in [-0.05, 0) is 6.92 Å². The van der Waals surface area contributed by atoms with Crippen molar-refractivity contribution in [1.82, 2.24) is 20.2 Å². The quantitative estimate of drug-likeness (QED) is 0.818. The van der Waals surface area contributed by atoms with E-state index < -0.39 is 5.97 Å². The van der Waals surface area contributed by atoms with E-state index in [0.29, 0.717) is 24.4 Å². The lowest BCUT2D eigenvalue weighted by atomic mass is 10.2. The van der Waals surface area contributed by atoms with Crippen LogP contribution >= 0.6 is 0 Å². The lowest BCUT2D eigenvalue weighted by Gasteiger charge is -1.93. The van der Waals surface area contributed by atoms with Gasteiger partial charge in [-0.15, -0.1) is 5.10 Å². The first kappa shape index (κ1) is 11.3. The third-order valence-electron chi connectivity index (χ3n) is 2.18. The molecule has 0 aromatic carbocycles. The molecule has 0 fully saturated rings. The van der Waals surface area contributed by atoms with E-state index in [1.54, 1.807) is 10.9 Å². The van der Waals surface area contributed by atoms with Gasteiger partial charge in [0.15, 0.2) is 5.76 Å². The fourth-order valence-electron chi connectivity index (χ4n) is 1.42. The highest BCUT2D eigenvalue weighted by atomic mass is 16.5. The summed E-state index contributed by atoms with van der Waals surface area (Å²) in [5.41, 5.74) is 1.47. The zero-order valence-electron chi connectivity index (χ0n) is 9.33. The molecule has 2 rings (SSSR count). The van der Waals surface area contributed by atoms with Crippen molar-refractivity contribution in [3.05, 3.63) is 29.4 Å². The predicted molar refractivity (Wildman–Crippen MR) is 56.3 cm³/mol. The monoisotopic (exact) mass is 236 g/mol. The van der Waals surface area contributed by atoms with Crippen LogP contribution in [-0.4, -0.2) is 31.2 Å². The summed E-state index contributed by atoms with van der Waals surface area (Å²) in [5, 5.41) is 20.1. The molecule has 0 aliphatic rings. The average Bonchev–Trinajstić information content (AvgIpc) is 2.86. The van der Waals surface area contributed by atoms with Gasteiger partial charge >= 0.3 is 5.97 Å². The Kier molecular flexibility index (Phi) is 3.17. The van der Waals surface area contributed by atoms with E-state index in [1.807, 2.05) is 13.0 Å². The van der Waals surface area contributed by atoms with Crippen LogP contribution in [0.3, 0.4) is 0 Å². The molecular formula is C10H12N4O3. The number of carboxylic acid groups (broad SMARTS) is 1. The molecule has 0 unspecified atom stereocenters. The first-order valence-corrected chi connectivity index (χ1v) is 5.16. The molecule has 7 nitrogen and oxygen atoms in total. The summed E-state index contributed by atoms with van der Waals surface area (Å²) < 4.78 is 6.64. The van der Waals surface area contributed by atoms with E-state index in [2.05, 4.69) is 15.5 Å². The molecule has 2 aromatic rings. The molecule has 0 aliphatic carbocycles. The van der Waals surface area contributed by atoms with Crippen molar-refractivity contribution in [2.75, 3.05) is 0 Å². The second-order valence-corrected chi connectivity index (χ2v) is 3.74. The number of carbonyl (C=O) groups is 1. The van der Waals surface area contributed by atoms with Crippen LogP contribution < -0.4 is 0 Å². The number of nitrogens with zero attached hydrogens (tertiary/aromatic N) is 4. The van der Waals surface area contributed by atoms with Gasteiger partial charge in [-0.25, -0.2) is 4.68 Å². The third-order valence-corrected chi connectivity index (χ3v) is 2.18. The minimum absolute atomic E-state index is 0.0557. The van der Waals surface area contributed by atoms with Gasteiger partial charge in [-0.3, -0.25) is 4.79 Å². The normalized spacial score (nSPS) is 10.6. The van der Waals surface area contributed by atoms with Crippen LogP contribution in [0.5, 0.6) is 0 Å². The zero-order chi connectivity index (χ0) is 12.3. The van der Waals surface area contributed by atoms with Crippen molar-refractivity contribution >= 4 is 5.97 Å². The van der Waals surface area contributed by atoms with Crippen LogP contribution in [0.25, 0.3) is 0 Å². The van der Waals surface area contributed by atoms with E-state index in [-0.39, 0.29) is 6.42 Å². The van der Waals surface area contributed by atoms with Gasteiger partial charge in [0.25, 0.3) is 0 Å². The topological polar surface area (TPSA) is 94.0 Å². The zero-order valence-corrected chi connectivity index (χ0v) is 9.33. The Labute approximate surface area is 97.0 Å². The largest absolute Gasteiger partial charge is 0.481 e. The van der Waals surface area contributed by atoms with E-state index in [9.17, 15) is 4.79 Å². The maximum absolute atomic E-state index is 10.4. The Balaban J connectivity index is 1.96. The Hall–Kier alpha value is -2.18. The molecule has 7 heteroatoms. The molecular weight excluding hydrogens is 224 g/mol. The van der Waals surface area contributed by atoms with E-state index in [1.165, 1.54) is 0 Å². The Bertz CT molecular complexity index is 517. The summed E-state index contributed by atoms with van der Waals surface area (Å²) in [6.45, 7) is 2.29. The molecule has 90 valence electrons. The highest BCUT2D eigenvalue weighted by Crippen LogP contribution is 2.05. The molecule has 0 saturated carbocycles. The number of hydrogen-bond acceptors (Lipinski definition) is 5. The standard InChI is InChI=1S/C10H12N4O3/c1-7-4-9(17-12-7)6-14-5-8(11-13-14)2-3-10(15)16/h4-5H,2-3,6H2,1H3,(H,15,16). The van der Waals surface area contributed by atoms with Gasteiger partial charge in [0.2, 0.25) is 0 Å². The van der Waals surface area contributed by atoms with Crippen molar-refractivity contribution < 1.29 is 14.4 Å². The van der Waals surface area contributed by atoms with Crippen LogP contribution in [0.2, 0.25) is 0 Å². The predicted octanol–water partition coefficient (Wildman–Crippen LogP) is 0.640. The van der Waals surface area contributed by atoms with Crippen molar-refractivity contribution in [2.45, 2.75) is 26.3 Å². The van der Waals surface area contributed by atoms with E-state index >= 15 is 0 Å². The molecule has 0 aliphatic heterocycles. The number of aliphatic carboxylic acids is 1. The molecule has 0 bridgehead atoms. The fraction of sp³-hybridized carbons (Fsp3) is 0.400. The number of carboxylic acids is 1. The lowest BCUT2D eigenvalue weighted by molar-refractivity contribution is -0.136. The van der Waals surface area contributed by atoms with Crippen LogP contribution in [0.1, 0.15) is 23.6 Å². The van der Waals surface area contributed by atoms with Crippen molar-refractivity contribution in [2.24, 2.45) is 0 Å². The fourth-order valence-corrected chi connectivity index (χ4v) is 1.42. The first-order valence-electron chi connectivity index (χ1n) is 5.16. The third kappa shape index (κ3) is 3.13. The van der Waals surface area contributed by atoms with E-state index in [4.69, 9.17) is 9.63 Å². The number of hydrogen-bond donors (Lipinski definition) is 1. The summed E-state index contributed by atoms with van der Waals surface area (Å²) in [7, 11) is 0. The summed E-state index contributed by atoms with van der Waals surface area (Å²) in [6, 6.07) is 1.82. The minimum atomic E-state index is -0.842. The van der Waals surface area contributed by atoms with Gasteiger partial charge < -0.3 is 9.63 Å². The maximum Gasteiger partial charge on any atom is 0.303 e. The number of aromatic nitrogens is 4. The molecule has 1 N–H and O–H groups in total. The van der Waals surface area contributed by atoms with Gasteiger partial charge in [0, 0.05) is 18.7 Å². The summed E-state index contributed by atoms with van der Waals surface area (Å²) in [4.78, 5) is 10.4. The summed E-state index contributed by atoms with van der Waals surface area (Å²) >= 11 is 0. The van der Waals surface area contributed by atoms with Crippen molar-refractivity contribution in [3.63, 3.8) is 0 Å². The summed E-state index contributed by atoms with van der Waals surface area (Å²) in [6.07, 6.45) is 2.14. The highest BCUT2D eigenvalue weighted by molar-refractivity contribution is 5.66. The van der Waals surface area contributed by atoms with Crippen molar-refractivity contribution in [3.8, 4) is 0 Å². The van der Waals surface area contributed by atoms with Crippen molar-refractivity contribution in [1.29, 1.82) is 0 Å². The smallest absolute Gasteiger partial charge is 0.303 e. The lowest BCUT2D eigenvalue weighted by Crippen LogP contribution is -1.99. The van der Waals surface area contributed by atoms with Gasteiger partial charge in [-0.1, -0.05) is 10.4 Å². The van der Waals surface area contributed by atoms with Gasteiger partial charge in [-0.2, -0.15) is 0 Å². The number of rotatable bonds is 5. The SMILES string of the molecule is Cc1cc(Cn2cc(CCC(=O)O)nn2)on1. The average molecular weight is 236 g/mol. The maximum atomic E-state index is 10.4. The molecule has 17 heavy (non-hydrogen) atoms. The molecule has 0 atom stereocenters. The summed E-state index contributed by atoms with van der Waals surface area (Å²) in [5.74, 6) is -0.150. The van der Waals surface area contributed by atoms with Gasteiger partial charge in [0.05, 0.1) is 17.8 Å².